The normalized spacial score (nSPS) is 13.2. The predicted octanol–water partition coefficient (Wildman–Crippen LogP) is 4.01. The van der Waals surface area contributed by atoms with E-state index in [4.69, 9.17) is 9.47 Å². The van der Waals surface area contributed by atoms with E-state index in [1.54, 1.807) is 44.8 Å². The van der Waals surface area contributed by atoms with Crippen LogP contribution in [0.1, 0.15) is 23.2 Å². The van der Waals surface area contributed by atoms with Crippen molar-refractivity contribution >= 4 is 17.4 Å². The maximum atomic E-state index is 12.9. The topological polar surface area (TPSA) is 76.6 Å². The van der Waals surface area contributed by atoms with Gasteiger partial charge in [0, 0.05) is 36.3 Å². The molecule has 0 bridgehead atoms. The summed E-state index contributed by atoms with van der Waals surface area (Å²) in [5.74, 6) is 1.89. The molecule has 1 aromatic heterocycles. The molecule has 0 radical (unpaired) electrons. The highest BCUT2D eigenvalue weighted by Gasteiger charge is 2.16. The van der Waals surface area contributed by atoms with Crippen molar-refractivity contribution in [3.8, 4) is 22.8 Å². The smallest absolute Gasteiger partial charge is 0.255 e. The second-order valence-electron chi connectivity index (χ2n) is 7.06. The first-order valence-corrected chi connectivity index (χ1v) is 9.89. The molecule has 1 aliphatic rings. The molecule has 1 N–H and O–H groups in total. The van der Waals surface area contributed by atoms with Crippen LogP contribution in [0.25, 0.3) is 11.3 Å². The lowest BCUT2D eigenvalue weighted by atomic mass is 10.1. The van der Waals surface area contributed by atoms with Crippen molar-refractivity contribution in [2.45, 2.75) is 12.8 Å². The second kappa shape index (κ2) is 8.82. The zero-order valence-corrected chi connectivity index (χ0v) is 17.1. The van der Waals surface area contributed by atoms with E-state index >= 15 is 0 Å². The van der Waals surface area contributed by atoms with Gasteiger partial charge in [-0.25, -0.2) is 9.97 Å². The zero-order chi connectivity index (χ0) is 20.9. The Balaban J connectivity index is 1.56. The van der Waals surface area contributed by atoms with E-state index in [2.05, 4.69) is 20.2 Å². The first-order chi connectivity index (χ1) is 14.7. The average molecular weight is 404 g/mol. The molecule has 0 aliphatic carbocycles. The standard InChI is InChI=1S/C23H24N4O3/c1-29-18-8-9-19(21(13-18)30-2)26-23(28)17-7-5-6-16(12-17)20-14-22(25-15-24-20)27-10-3-4-11-27/h5-9,12-15H,3-4,10-11H2,1-2H3,(H,26,28). The summed E-state index contributed by atoms with van der Waals surface area (Å²) in [5.41, 5.74) is 2.77. The van der Waals surface area contributed by atoms with Gasteiger partial charge in [-0.1, -0.05) is 12.1 Å². The van der Waals surface area contributed by atoms with Crippen LogP contribution in [0, 0.1) is 0 Å². The number of ether oxygens (including phenoxy) is 2. The third-order valence-electron chi connectivity index (χ3n) is 5.16. The molecule has 1 fully saturated rings. The number of rotatable bonds is 6. The SMILES string of the molecule is COc1ccc(NC(=O)c2cccc(-c3cc(N4CCCC4)ncn3)c2)c(OC)c1. The Hall–Kier alpha value is -3.61. The Kier molecular flexibility index (Phi) is 5.79. The minimum absolute atomic E-state index is 0.228. The molecular weight excluding hydrogens is 380 g/mol. The van der Waals surface area contributed by atoms with Gasteiger partial charge in [-0.3, -0.25) is 4.79 Å². The molecule has 1 aliphatic heterocycles. The van der Waals surface area contributed by atoms with Crippen molar-refractivity contribution in [2.75, 3.05) is 37.5 Å². The molecule has 0 saturated carbocycles. The second-order valence-corrected chi connectivity index (χ2v) is 7.06. The fourth-order valence-electron chi connectivity index (χ4n) is 3.54. The molecule has 1 saturated heterocycles. The Morgan fingerprint density at radius 2 is 1.83 bits per heavy atom. The number of methoxy groups -OCH3 is 2. The van der Waals surface area contributed by atoms with E-state index < -0.39 is 0 Å². The van der Waals surface area contributed by atoms with Crippen LogP contribution in [0.4, 0.5) is 11.5 Å². The number of anilines is 2. The minimum atomic E-state index is -0.228. The molecule has 3 aromatic rings. The first-order valence-electron chi connectivity index (χ1n) is 9.89. The molecule has 0 unspecified atom stereocenters. The van der Waals surface area contributed by atoms with Crippen LogP contribution in [0.5, 0.6) is 11.5 Å². The summed E-state index contributed by atoms with van der Waals surface area (Å²) >= 11 is 0. The molecule has 1 amide bonds. The van der Waals surface area contributed by atoms with Crippen LogP contribution in [0.2, 0.25) is 0 Å². The van der Waals surface area contributed by atoms with Gasteiger partial charge in [0.1, 0.15) is 23.6 Å². The highest BCUT2D eigenvalue weighted by Crippen LogP contribution is 2.30. The van der Waals surface area contributed by atoms with E-state index in [1.165, 1.54) is 12.8 Å². The van der Waals surface area contributed by atoms with Gasteiger partial charge in [-0.2, -0.15) is 0 Å². The van der Waals surface area contributed by atoms with Gasteiger partial charge in [0.15, 0.2) is 0 Å². The van der Waals surface area contributed by atoms with Gasteiger partial charge in [-0.05, 0) is 37.1 Å². The summed E-state index contributed by atoms with van der Waals surface area (Å²) in [4.78, 5) is 23.9. The van der Waals surface area contributed by atoms with Crippen LogP contribution < -0.4 is 19.7 Å². The Bertz CT molecular complexity index is 1050. The summed E-state index contributed by atoms with van der Waals surface area (Å²) in [6.07, 6.45) is 3.95. The van der Waals surface area contributed by atoms with Gasteiger partial charge in [0.2, 0.25) is 0 Å². The summed E-state index contributed by atoms with van der Waals surface area (Å²) in [7, 11) is 3.14. The molecule has 0 spiro atoms. The molecule has 7 nitrogen and oxygen atoms in total. The van der Waals surface area contributed by atoms with Crippen LogP contribution in [-0.2, 0) is 0 Å². The summed E-state index contributed by atoms with van der Waals surface area (Å²) in [5, 5.41) is 2.90. The van der Waals surface area contributed by atoms with Crippen LogP contribution in [-0.4, -0.2) is 43.2 Å². The molecule has 7 heteroatoms. The number of aromatic nitrogens is 2. The van der Waals surface area contributed by atoms with Crippen molar-refractivity contribution in [1.82, 2.24) is 9.97 Å². The van der Waals surface area contributed by atoms with Crippen molar-refractivity contribution in [2.24, 2.45) is 0 Å². The predicted molar refractivity (Wildman–Crippen MR) is 116 cm³/mol. The number of nitrogens with zero attached hydrogens (tertiary/aromatic N) is 3. The molecule has 154 valence electrons. The molecule has 0 atom stereocenters. The van der Waals surface area contributed by atoms with Crippen molar-refractivity contribution in [3.05, 3.63) is 60.4 Å². The number of hydrogen-bond acceptors (Lipinski definition) is 6. The Labute approximate surface area is 175 Å². The maximum Gasteiger partial charge on any atom is 0.255 e. The van der Waals surface area contributed by atoms with E-state index in [1.807, 2.05) is 24.3 Å². The van der Waals surface area contributed by atoms with Gasteiger partial charge < -0.3 is 19.7 Å². The molecule has 4 rings (SSSR count). The Morgan fingerprint density at radius 1 is 1.00 bits per heavy atom. The van der Waals surface area contributed by atoms with Crippen molar-refractivity contribution in [3.63, 3.8) is 0 Å². The number of nitrogens with one attached hydrogen (secondary N) is 1. The lowest BCUT2D eigenvalue weighted by Crippen LogP contribution is -2.19. The highest BCUT2D eigenvalue weighted by molar-refractivity contribution is 6.05. The number of hydrogen-bond donors (Lipinski definition) is 1. The lowest BCUT2D eigenvalue weighted by Gasteiger charge is -2.16. The zero-order valence-electron chi connectivity index (χ0n) is 17.1. The summed E-state index contributed by atoms with van der Waals surface area (Å²) in [6.45, 7) is 2.03. The fraction of sp³-hybridized carbons (Fsp3) is 0.261. The summed E-state index contributed by atoms with van der Waals surface area (Å²) in [6, 6.07) is 14.6. The Morgan fingerprint density at radius 3 is 2.60 bits per heavy atom. The quantitative estimate of drug-likeness (QED) is 0.669. The number of benzene rings is 2. The van der Waals surface area contributed by atoms with Crippen LogP contribution >= 0.6 is 0 Å². The van der Waals surface area contributed by atoms with Crippen LogP contribution in [0.3, 0.4) is 0 Å². The number of carbonyl (C=O) groups is 1. The van der Waals surface area contributed by atoms with Gasteiger partial charge >= 0.3 is 0 Å². The average Bonchev–Trinajstić information content (AvgIpc) is 3.34. The van der Waals surface area contributed by atoms with E-state index in [0.717, 1.165) is 30.2 Å². The number of carbonyl (C=O) groups excluding carboxylic acids is 1. The number of amides is 1. The third-order valence-corrected chi connectivity index (χ3v) is 5.16. The van der Waals surface area contributed by atoms with E-state index in [0.29, 0.717) is 22.7 Å². The van der Waals surface area contributed by atoms with Gasteiger partial charge in [0.25, 0.3) is 5.91 Å². The first kappa shape index (κ1) is 19.7. The minimum Gasteiger partial charge on any atom is -0.497 e. The highest BCUT2D eigenvalue weighted by atomic mass is 16.5. The van der Waals surface area contributed by atoms with E-state index in [9.17, 15) is 4.79 Å². The molecule has 30 heavy (non-hydrogen) atoms. The van der Waals surface area contributed by atoms with Crippen molar-refractivity contribution < 1.29 is 14.3 Å². The molecule has 2 heterocycles. The lowest BCUT2D eigenvalue weighted by molar-refractivity contribution is 0.102. The summed E-state index contributed by atoms with van der Waals surface area (Å²) < 4.78 is 10.6. The van der Waals surface area contributed by atoms with Gasteiger partial charge in [-0.15, -0.1) is 0 Å². The monoisotopic (exact) mass is 404 g/mol. The van der Waals surface area contributed by atoms with Gasteiger partial charge in [0.05, 0.1) is 25.6 Å². The maximum absolute atomic E-state index is 12.9. The van der Waals surface area contributed by atoms with E-state index in [-0.39, 0.29) is 5.91 Å². The van der Waals surface area contributed by atoms with Crippen LogP contribution in [0.15, 0.2) is 54.9 Å². The largest absolute Gasteiger partial charge is 0.497 e. The molecule has 2 aromatic carbocycles. The fourth-order valence-corrected chi connectivity index (χ4v) is 3.54. The molecular formula is C23H24N4O3. The van der Waals surface area contributed by atoms with Crippen molar-refractivity contribution in [1.29, 1.82) is 0 Å². The third kappa shape index (κ3) is 4.20.